The molecule has 2 aliphatic rings. The number of ether oxygens (including phenoxy) is 4. The molecule has 7 heteroatoms. The minimum atomic E-state index is -0.393. The van der Waals surface area contributed by atoms with Crippen LogP contribution in [0.25, 0.3) is 0 Å². The summed E-state index contributed by atoms with van der Waals surface area (Å²) in [7, 11) is 3.32. The highest BCUT2D eigenvalue weighted by Gasteiger charge is 2.55. The Kier molecular flexibility index (Phi) is 8.13. The third kappa shape index (κ3) is 5.22. The molecule has 4 aromatic carbocycles. The second-order valence-corrected chi connectivity index (χ2v) is 10.7. The predicted molar refractivity (Wildman–Crippen MR) is 161 cm³/mol. The van der Waals surface area contributed by atoms with Crippen LogP contribution in [0.15, 0.2) is 91.0 Å². The van der Waals surface area contributed by atoms with Gasteiger partial charge in [0.05, 0.1) is 39.5 Å². The first-order chi connectivity index (χ1) is 20.6. The maximum Gasteiger partial charge on any atom is 0.243 e. The van der Waals surface area contributed by atoms with Crippen molar-refractivity contribution < 1.29 is 23.7 Å². The second kappa shape index (κ2) is 12.3. The highest BCUT2D eigenvalue weighted by Crippen LogP contribution is 2.55. The zero-order valence-corrected chi connectivity index (χ0v) is 24.2. The van der Waals surface area contributed by atoms with E-state index in [1.165, 1.54) is 0 Å². The van der Waals surface area contributed by atoms with E-state index in [1.54, 1.807) is 14.2 Å². The van der Waals surface area contributed by atoms with Gasteiger partial charge in [0.25, 0.3) is 0 Å². The van der Waals surface area contributed by atoms with Crippen LogP contribution >= 0.6 is 0 Å². The lowest BCUT2D eigenvalue weighted by molar-refractivity contribution is -0.155. The summed E-state index contributed by atoms with van der Waals surface area (Å²) < 4.78 is 24.9. The van der Waals surface area contributed by atoms with Gasteiger partial charge >= 0.3 is 0 Å². The fraction of sp³-hybridized carbons (Fsp3) is 0.286. The molecule has 0 spiro atoms. The first-order valence-corrected chi connectivity index (χ1v) is 14.3. The van der Waals surface area contributed by atoms with Gasteiger partial charge in [0.1, 0.15) is 18.4 Å². The number of likely N-dealkylation sites (tertiary alicyclic amines) is 1. The molecule has 0 saturated carbocycles. The number of hydrogen-bond acceptors (Lipinski definition) is 6. The molecule has 0 bridgehead atoms. The van der Waals surface area contributed by atoms with Crippen molar-refractivity contribution >= 4 is 5.91 Å². The number of hydrogen-bond donors (Lipinski definition) is 1. The maximum absolute atomic E-state index is 13.6. The standard InChI is InChI=1S/C35H36N2O5/c1-23-32(39-2)29-28(34(33(23)40-3)42-21-26-17-11-6-12-18-26)27(22-41-20-25-15-9-5-10-16-25)36-30-31(29)37(35(30)38)19-24-13-7-4-8-14-24/h4-18,27,30-31,36H,19-22H2,1-3H3/t27-,30-,31+/m0/s1. The van der Waals surface area contributed by atoms with Crippen LogP contribution in [0.4, 0.5) is 0 Å². The Labute approximate surface area is 247 Å². The first kappa shape index (κ1) is 27.8. The lowest BCUT2D eigenvalue weighted by atomic mass is 9.77. The summed E-state index contributed by atoms with van der Waals surface area (Å²) in [5.41, 5.74) is 5.90. The summed E-state index contributed by atoms with van der Waals surface area (Å²) in [4.78, 5) is 15.5. The number of rotatable bonds is 11. The smallest absolute Gasteiger partial charge is 0.243 e. The van der Waals surface area contributed by atoms with Gasteiger partial charge in [0, 0.05) is 23.2 Å². The quantitative estimate of drug-likeness (QED) is 0.229. The fourth-order valence-corrected chi connectivity index (χ4v) is 6.15. The third-order valence-electron chi connectivity index (χ3n) is 8.12. The van der Waals surface area contributed by atoms with Gasteiger partial charge in [0.2, 0.25) is 5.91 Å². The van der Waals surface area contributed by atoms with Crippen LogP contribution in [0.5, 0.6) is 17.2 Å². The van der Waals surface area contributed by atoms with Crippen molar-refractivity contribution in [2.24, 2.45) is 0 Å². The number of nitrogens with one attached hydrogen (secondary N) is 1. The van der Waals surface area contributed by atoms with Crippen LogP contribution in [0, 0.1) is 6.92 Å². The molecule has 0 unspecified atom stereocenters. The summed E-state index contributed by atoms with van der Waals surface area (Å²) in [5, 5.41) is 3.61. The molecular weight excluding hydrogens is 528 g/mol. The van der Waals surface area contributed by atoms with E-state index in [-0.39, 0.29) is 18.0 Å². The van der Waals surface area contributed by atoms with Gasteiger partial charge in [0.15, 0.2) is 11.5 Å². The second-order valence-electron chi connectivity index (χ2n) is 10.7. The first-order valence-electron chi connectivity index (χ1n) is 14.3. The van der Waals surface area contributed by atoms with Crippen LogP contribution in [0.2, 0.25) is 0 Å². The Morgan fingerprint density at radius 1 is 0.714 bits per heavy atom. The lowest BCUT2D eigenvalue weighted by Gasteiger charge is -2.53. The number of β-lactam (4-membered cyclic amide) rings is 1. The van der Waals surface area contributed by atoms with Crippen molar-refractivity contribution in [2.45, 2.75) is 44.8 Å². The minimum absolute atomic E-state index is 0.0600. The molecule has 0 radical (unpaired) electrons. The summed E-state index contributed by atoms with van der Waals surface area (Å²) >= 11 is 0. The summed E-state index contributed by atoms with van der Waals surface area (Å²) in [6.07, 6.45) is 0. The number of carbonyl (C=O) groups excluding carboxylic acids is 1. The number of nitrogens with zero attached hydrogens (tertiary/aromatic N) is 1. The molecule has 1 amide bonds. The highest BCUT2D eigenvalue weighted by molar-refractivity contribution is 5.91. The monoisotopic (exact) mass is 564 g/mol. The summed E-state index contributed by atoms with van der Waals surface area (Å²) in [6, 6.07) is 29.3. The number of methoxy groups -OCH3 is 2. The number of benzene rings is 4. The zero-order chi connectivity index (χ0) is 29.1. The molecule has 216 valence electrons. The average Bonchev–Trinajstić information content (AvgIpc) is 3.03. The average molecular weight is 565 g/mol. The Morgan fingerprint density at radius 3 is 1.88 bits per heavy atom. The van der Waals surface area contributed by atoms with E-state index in [0.29, 0.717) is 43.6 Å². The molecule has 0 aromatic heterocycles. The van der Waals surface area contributed by atoms with E-state index in [2.05, 4.69) is 5.32 Å². The molecule has 3 atom stereocenters. The van der Waals surface area contributed by atoms with Gasteiger partial charge in [-0.1, -0.05) is 91.0 Å². The van der Waals surface area contributed by atoms with Crippen LogP contribution < -0.4 is 19.5 Å². The van der Waals surface area contributed by atoms with Gasteiger partial charge in [-0.25, -0.2) is 0 Å². The van der Waals surface area contributed by atoms with Gasteiger partial charge < -0.3 is 23.8 Å². The molecule has 1 saturated heterocycles. The van der Waals surface area contributed by atoms with E-state index in [4.69, 9.17) is 18.9 Å². The largest absolute Gasteiger partial charge is 0.496 e. The van der Waals surface area contributed by atoms with Gasteiger partial charge in [-0.05, 0) is 23.6 Å². The maximum atomic E-state index is 13.6. The molecule has 4 aromatic rings. The van der Waals surface area contributed by atoms with Crippen molar-refractivity contribution in [3.63, 3.8) is 0 Å². The van der Waals surface area contributed by atoms with Gasteiger partial charge in [-0.2, -0.15) is 0 Å². The normalized spacial score (nSPS) is 19.0. The molecule has 6 rings (SSSR count). The minimum Gasteiger partial charge on any atom is -0.496 e. The molecule has 2 heterocycles. The van der Waals surface area contributed by atoms with E-state index in [1.807, 2.05) is 103 Å². The predicted octanol–water partition coefficient (Wildman–Crippen LogP) is 5.90. The van der Waals surface area contributed by atoms with Crippen molar-refractivity contribution in [1.82, 2.24) is 10.2 Å². The van der Waals surface area contributed by atoms with Crippen molar-refractivity contribution in [2.75, 3.05) is 20.8 Å². The molecule has 42 heavy (non-hydrogen) atoms. The van der Waals surface area contributed by atoms with Crippen molar-refractivity contribution in [3.05, 3.63) is 124 Å². The number of amides is 1. The SMILES string of the molecule is COc1c(C)c(OC)c2c(c1OCc1ccccc1)[C@H](COCc1ccccc1)N[C@@H]1C(=O)N(Cc3ccccc3)[C@H]21. The zero-order valence-electron chi connectivity index (χ0n) is 24.2. The van der Waals surface area contributed by atoms with Gasteiger partial charge in [-0.15, -0.1) is 0 Å². The Hall–Kier alpha value is -4.33. The summed E-state index contributed by atoms with van der Waals surface area (Å²) in [6.45, 7) is 3.65. The van der Waals surface area contributed by atoms with Crippen molar-refractivity contribution in [1.29, 1.82) is 0 Å². The van der Waals surface area contributed by atoms with Crippen LogP contribution in [0.3, 0.4) is 0 Å². The molecule has 1 N–H and O–H groups in total. The molecule has 1 fully saturated rings. The van der Waals surface area contributed by atoms with E-state index in [9.17, 15) is 4.79 Å². The molecule has 2 aliphatic heterocycles. The molecular formula is C35H36N2O5. The number of fused-ring (bicyclic) bond motifs is 3. The third-order valence-corrected chi connectivity index (χ3v) is 8.12. The molecule has 7 nitrogen and oxygen atoms in total. The lowest BCUT2D eigenvalue weighted by Crippen LogP contribution is -2.67. The van der Waals surface area contributed by atoms with Gasteiger partial charge in [-0.3, -0.25) is 10.1 Å². The molecule has 0 aliphatic carbocycles. The van der Waals surface area contributed by atoms with Crippen LogP contribution in [-0.2, 0) is 29.3 Å². The van der Waals surface area contributed by atoms with E-state index < -0.39 is 6.04 Å². The number of carbonyl (C=O) groups is 1. The van der Waals surface area contributed by atoms with E-state index >= 15 is 0 Å². The summed E-state index contributed by atoms with van der Waals surface area (Å²) in [5.74, 6) is 2.04. The van der Waals surface area contributed by atoms with E-state index in [0.717, 1.165) is 33.4 Å². The van der Waals surface area contributed by atoms with Crippen LogP contribution in [-0.4, -0.2) is 37.7 Å². The van der Waals surface area contributed by atoms with Crippen molar-refractivity contribution in [3.8, 4) is 17.2 Å². The Balaban J connectivity index is 1.42. The Morgan fingerprint density at radius 2 is 1.29 bits per heavy atom. The topological polar surface area (TPSA) is 69.3 Å². The Bertz CT molecular complexity index is 1530. The fourth-order valence-electron chi connectivity index (χ4n) is 6.15. The highest BCUT2D eigenvalue weighted by atomic mass is 16.5. The van der Waals surface area contributed by atoms with Crippen LogP contribution in [0.1, 0.15) is 45.5 Å².